The molecule has 1 rings (SSSR count). The minimum absolute atomic E-state index is 0.178. The van der Waals surface area contributed by atoms with E-state index >= 15 is 0 Å². The highest BCUT2D eigenvalue weighted by Crippen LogP contribution is 2.35. The number of hydrogen-bond acceptors (Lipinski definition) is 10. The third-order valence-electron chi connectivity index (χ3n) is 7.20. The van der Waals surface area contributed by atoms with Crippen LogP contribution in [-0.2, 0) is 14.3 Å². The third kappa shape index (κ3) is 8.39. The monoisotopic (exact) mass is 517 g/mol. The maximum Gasteiger partial charge on any atom is 0.198 e. The summed E-state index contributed by atoms with van der Waals surface area (Å²) < 4.78 is 5.38. The maximum atomic E-state index is 11.6. The van der Waals surface area contributed by atoms with Gasteiger partial charge in [0.15, 0.2) is 18.2 Å². The molecule has 0 aliphatic carbocycles. The van der Waals surface area contributed by atoms with Gasteiger partial charge in [0.25, 0.3) is 0 Å². The molecule has 210 valence electrons. The van der Waals surface area contributed by atoms with Crippen molar-refractivity contribution in [2.24, 2.45) is 5.73 Å². The second-order valence-electron chi connectivity index (χ2n) is 9.94. The molecule has 0 saturated carbocycles. The molecule has 1 unspecified atom stereocenters. The highest BCUT2D eigenvalue weighted by Gasteiger charge is 2.63. The van der Waals surface area contributed by atoms with Crippen LogP contribution in [0.3, 0.4) is 0 Å². The number of aldehydes is 2. The van der Waals surface area contributed by atoms with Crippen LogP contribution in [0.5, 0.6) is 0 Å². The number of hydrogen-bond donors (Lipinski definition) is 7. The van der Waals surface area contributed by atoms with Gasteiger partial charge in [-0.25, -0.2) is 0 Å². The van der Waals surface area contributed by atoms with Crippen LogP contribution in [0.4, 0.5) is 0 Å². The first-order valence-corrected chi connectivity index (χ1v) is 13.2. The van der Waals surface area contributed by atoms with E-state index in [2.05, 4.69) is 6.92 Å². The smallest absolute Gasteiger partial charge is 0.198 e. The number of aliphatic hydroxyl groups excluding tert-OH is 5. The molecule has 0 amide bonds. The molecule has 1 fully saturated rings. The van der Waals surface area contributed by atoms with Crippen molar-refractivity contribution in [2.75, 3.05) is 6.61 Å². The van der Waals surface area contributed by atoms with Crippen LogP contribution in [0.25, 0.3) is 0 Å². The van der Waals surface area contributed by atoms with Gasteiger partial charge >= 0.3 is 0 Å². The maximum absolute atomic E-state index is 11.6. The molecule has 1 saturated heterocycles. The summed E-state index contributed by atoms with van der Waals surface area (Å²) >= 11 is 0. The van der Waals surface area contributed by atoms with Crippen LogP contribution in [0.2, 0.25) is 0 Å². The molecule has 0 aromatic rings. The first-order chi connectivity index (χ1) is 17.1. The second-order valence-corrected chi connectivity index (χ2v) is 9.94. The number of carbonyl (C=O) groups excluding carboxylic acids is 2. The zero-order valence-electron chi connectivity index (χ0n) is 21.5. The fraction of sp³-hybridized carbons (Fsp3) is 0.846. The highest BCUT2D eigenvalue weighted by molar-refractivity contribution is 5.90. The Balaban J connectivity index is 2.70. The minimum Gasteiger partial charge on any atom is -0.394 e. The van der Waals surface area contributed by atoms with Crippen molar-refractivity contribution in [3.05, 3.63) is 12.2 Å². The standard InChI is InChI=1S/C26H47NO9/c1-2-3-4-5-6-7-8-9-10-11-12-13-14-15-20(31)26(27,25(35,17-29)18-30)24-23(34)22(33)21(32)19(16-28)36-24/h14-15,17-24,28,31-35H,2-13,16,27H2,1H3/b15-14+/t19-,20-,21+,22+,23-,24?,26+/m1/s1. The van der Waals surface area contributed by atoms with E-state index in [4.69, 9.17) is 10.5 Å². The number of carbonyl (C=O) groups is 2. The molecule has 8 N–H and O–H groups in total. The predicted molar refractivity (Wildman–Crippen MR) is 134 cm³/mol. The molecule has 0 bridgehead atoms. The Morgan fingerprint density at radius 3 is 1.83 bits per heavy atom. The SMILES string of the molecule is CCCCCCCCCCCCC/C=C/[C@@H](O)[C@](N)(C1O[C@H](CO)[C@H](O)[C@H](O)[C@H]1O)C(O)(C=O)C=O. The Kier molecular flexibility index (Phi) is 15.1. The zero-order chi connectivity index (χ0) is 27.2. The van der Waals surface area contributed by atoms with Gasteiger partial charge in [0.1, 0.15) is 36.1 Å². The highest BCUT2D eigenvalue weighted by atomic mass is 16.5. The molecule has 0 aromatic heterocycles. The lowest BCUT2D eigenvalue weighted by atomic mass is 9.69. The predicted octanol–water partition coefficient (Wildman–Crippen LogP) is 0.273. The van der Waals surface area contributed by atoms with E-state index in [0.29, 0.717) is 6.42 Å². The largest absolute Gasteiger partial charge is 0.394 e. The van der Waals surface area contributed by atoms with Crippen LogP contribution >= 0.6 is 0 Å². The van der Waals surface area contributed by atoms with Gasteiger partial charge in [0.2, 0.25) is 0 Å². The fourth-order valence-corrected chi connectivity index (χ4v) is 4.67. The minimum atomic E-state index is -3.00. The molecule has 7 atom stereocenters. The van der Waals surface area contributed by atoms with Gasteiger partial charge in [-0.2, -0.15) is 0 Å². The van der Waals surface area contributed by atoms with Gasteiger partial charge < -0.3 is 41.1 Å². The average molecular weight is 518 g/mol. The first kappa shape index (κ1) is 32.8. The molecular formula is C26H47NO9. The lowest BCUT2D eigenvalue weighted by molar-refractivity contribution is -0.263. The van der Waals surface area contributed by atoms with Gasteiger partial charge in [0.05, 0.1) is 12.7 Å². The molecule has 36 heavy (non-hydrogen) atoms. The summed E-state index contributed by atoms with van der Waals surface area (Å²) in [5.41, 5.74) is 0.579. The summed E-state index contributed by atoms with van der Waals surface area (Å²) in [6.07, 6.45) is 5.29. The van der Waals surface area contributed by atoms with Gasteiger partial charge in [-0.15, -0.1) is 0 Å². The molecule has 1 aliphatic rings. The third-order valence-corrected chi connectivity index (χ3v) is 7.20. The molecule has 0 aromatic carbocycles. The van der Waals surface area contributed by atoms with E-state index in [0.717, 1.165) is 25.7 Å². The van der Waals surface area contributed by atoms with Crippen LogP contribution < -0.4 is 5.73 Å². The van der Waals surface area contributed by atoms with E-state index < -0.39 is 54.4 Å². The number of unbranched alkanes of at least 4 members (excludes halogenated alkanes) is 11. The Labute approximate surface area is 214 Å². The first-order valence-electron chi connectivity index (χ1n) is 13.2. The van der Waals surface area contributed by atoms with E-state index in [1.165, 1.54) is 51.0 Å². The Morgan fingerprint density at radius 1 is 0.861 bits per heavy atom. The summed E-state index contributed by atoms with van der Waals surface area (Å²) in [7, 11) is 0. The Hall–Kier alpha value is -1.24. The fourth-order valence-electron chi connectivity index (χ4n) is 4.67. The molecule has 1 heterocycles. The number of aliphatic hydroxyl groups is 6. The molecular weight excluding hydrogens is 470 g/mol. The van der Waals surface area contributed by atoms with Crippen LogP contribution in [-0.4, -0.2) is 97.6 Å². The number of ether oxygens (including phenoxy) is 1. The summed E-state index contributed by atoms with van der Waals surface area (Å²) in [5, 5.41) is 61.5. The Bertz CT molecular complexity index is 651. The van der Waals surface area contributed by atoms with Crippen molar-refractivity contribution < 1.29 is 45.0 Å². The van der Waals surface area contributed by atoms with Crippen LogP contribution in [0.1, 0.15) is 84.0 Å². The lowest BCUT2D eigenvalue weighted by Gasteiger charge is -2.51. The van der Waals surface area contributed by atoms with Gasteiger partial charge in [-0.3, -0.25) is 9.59 Å². The number of rotatable bonds is 19. The second kappa shape index (κ2) is 16.6. The van der Waals surface area contributed by atoms with Crippen molar-refractivity contribution in [2.45, 2.75) is 132 Å². The number of nitrogens with two attached hydrogens (primary N) is 1. The summed E-state index contributed by atoms with van der Waals surface area (Å²) in [5.74, 6) is 0. The van der Waals surface area contributed by atoms with E-state index in [1.807, 2.05) is 0 Å². The molecule has 10 nitrogen and oxygen atoms in total. The Morgan fingerprint density at radius 2 is 1.36 bits per heavy atom. The van der Waals surface area contributed by atoms with Gasteiger partial charge in [-0.1, -0.05) is 83.3 Å². The van der Waals surface area contributed by atoms with Crippen LogP contribution in [0.15, 0.2) is 12.2 Å². The zero-order valence-corrected chi connectivity index (χ0v) is 21.5. The van der Waals surface area contributed by atoms with Gasteiger partial charge in [-0.05, 0) is 12.8 Å². The summed E-state index contributed by atoms with van der Waals surface area (Å²) in [4.78, 5) is 23.3. The van der Waals surface area contributed by atoms with Crippen molar-refractivity contribution in [3.63, 3.8) is 0 Å². The molecule has 10 heteroatoms. The quantitative estimate of drug-likeness (QED) is 0.0542. The van der Waals surface area contributed by atoms with Crippen molar-refractivity contribution in [3.8, 4) is 0 Å². The van der Waals surface area contributed by atoms with Crippen LogP contribution in [0, 0.1) is 0 Å². The average Bonchev–Trinajstić information content (AvgIpc) is 2.89. The van der Waals surface area contributed by atoms with E-state index in [-0.39, 0.29) is 12.6 Å². The van der Waals surface area contributed by atoms with E-state index in [1.54, 1.807) is 6.08 Å². The normalized spacial score (nSPS) is 27.6. The van der Waals surface area contributed by atoms with Crippen molar-refractivity contribution >= 4 is 12.6 Å². The number of allylic oxidation sites excluding steroid dienone is 1. The summed E-state index contributed by atoms with van der Waals surface area (Å²) in [6, 6.07) is 0. The molecule has 0 radical (unpaired) electrons. The molecule has 1 aliphatic heterocycles. The van der Waals surface area contributed by atoms with Crippen molar-refractivity contribution in [1.82, 2.24) is 0 Å². The lowest BCUT2D eigenvalue weighted by Crippen LogP contribution is -2.80. The van der Waals surface area contributed by atoms with Crippen molar-refractivity contribution in [1.29, 1.82) is 0 Å². The van der Waals surface area contributed by atoms with Gasteiger partial charge in [0, 0.05) is 0 Å². The molecule has 0 spiro atoms. The topological polar surface area (TPSA) is 191 Å². The van der Waals surface area contributed by atoms with E-state index in [9.17, 15) is 40.2 Å². The summed E-state index contributed by atoms with van der Waals surface area (Å²) in [6.45, 7) is 1.42.